The van der Waals surface area contributed by atoms with Gasteiger partial charge in [-0.05, 0) is 10.9 Å². The van der Waals surface area contributed by atoms with Crippen LogP contribution in [-0.4, -0.2) is 45.4 Å². The summed E-state index contributed by atoms with van der Waals surface area (Å²) in [7, 11) is -0.817. The Balaban J connectivity index is 1.35. The van der Waals surface area contributed by atoms with Crippen molar-refractivity contribution in [3.63, 3.8) is 0 Å². The zero-order valence-corrected chi connectivity index (χ0v) is 13.0. The van der Waals surface area contributed by atoms with Crippen molar-refractivity contribution in [2.24, 2.45) is 0 Å². The maximum absolute atomic E-state index is 6.14. The van der Waals surface area contributed by atoms with Crippen LogP contribution >= 0.6 is 0 Å². The molecule has 3 fully saturated rings. The minimum absolute atomic E-state index is 0.144. The van der Waals surface area contributed by atoms with E-state index in [1.165, 1.54) is 0 Å². The van der Waals surface area contributed by atoms with E-state index < -0.39 is 13.4 Å². The zero-order chi connectivity index (χ0) is 15.9. The highest BCUT2D eigenvalue weighted by Crippen LogP contribution is 2.33. The van der Waals surface area contributed by atoms with Crippen molar-refractivity contribution < 1.29 is 23.4 Å². The first-order chi connectivity index (χ1) is 11.9. The predicted molar refractivity (Wildman–Crippen MR) is 89.1 cm³/mol. The first-order valence-corrected chi connectivity index (χ1v) is 8.22. The van der Waals surface area contributed by atoms with Gasteiger partial charge in [-0.1, -0.05) is 60.7 Å². The molecule has 0 spiro atoms. The van der Waals surface area contributed by atoms with E-state index in [2.05, 4.69) is 0 Å². The predicted octanol–water partition coefficient (Wildman–Crippen LogP) is 0.333. The van der Waals surface area contributed by atoms with Gasteiger partial charge < -0.3 is 23.4 Å². The molecule has 3 saturated heterocycles. The molecule has 7 heteroatoms. The number of benzene rings is 2. The monoisotopic (exact) mass is 322 g/mol. The lowest BCUT2D eigenvalue weighted by atomic mass is 9.79. The number of hydrogen-bond donors (Lipinski definition) is 0. The molecule has 120 valence electrons. The molecule has 3 aliphatic heterocycles. The first kappa shape index (κ1) is 14.7. The van der Waals surface area contributed by atoms with Gasteiger partial charge in [-0.15, -0.1) is 0 Å². The minimum atomic E-state index is -0.431. The summed E-state index contributed by atoms with van der Waals surface area (Å²) in [5.74, 6) is 0. The lowest BCUT2D eigenvalue weighted by molar-refractivity contribution is -0.177. The van der Waals surface area contributed by atoms with E-state index in [9.17, 15) is 0 Å². The van der Waals surface area contributed by atoms with Gasteiger partial charge in [-0.3, -0.25) is 0 Å². The molecule has 3 aliphatic rings. The van der Waals surface area contributed by atoms with E-state index in [4.69, 9.17) is 23.4 Å². The fourth-order valence-electron chi connectivity index (χ4n) is 3.45. The standard InChI is InChI=1S/C17H16B2O5/c1-3-7-12(8-4-1)18-21-14-11-20-17-16(15(14)22-18)23-19(24-17)13-9-5-2-6-10-13/h1-10,14-17H,11H2. The largest absolute Gasteiger partial charge is 0.496 e. The molecular weight excluding hydrogens is 306 g/mol. The van der Waals surface area contributed by atoms with Crippen molar-refractivity contribution in [3.05, 3.63) is 60.7 Å². The van der Waals surface area contributed by atoms with E-state index in [1.54, 1.807) is 0 Å². The highest BCUT2D eigenvalue weighted by Gasteiger charge is 2.56. The molecule has 2 aromatic rings. The van der Waals surface area contributed by atoms with Crippen LogP contribution in [0.1, 0.15) is 0 Å². The van der Waals surface area contributed by atoms with E-state index in [-0.39, 0.29) is 25.4 Å². The van der Waals surface area contributed by atoms with Crippen LogP contribution in [0.15, 0.2) is 60.7 Å². The molecule has 2 aromatic carbocycles. The van der Waals surface area contributed by atoms with Gasteiger partial charge in [0.1, 0.15) is 6.10 Å². The Morgan fingerprint density at radius 2 is 1.25 bits per heavy atom. The van der Waals surface area contributed by atoms with Crippen LogP contribution in [0.4, 0.5) is 0 Å². The molecule has 4 atom stereocenters. The average molecular weight is 322 g/mol. The summed E-state index contributed by atoms with van der Waals surface area (Å²) in [5, 5.41) is 0. The van der Waals surface area contributed by atoms with Gasteiger partial charge in [0.2, 0.25) is 0 Å². The summed E-state index contributed by atoms with van der Waals surface area (Å²) in [6.45, 7) is 0.444. The second kappa shape index (κ2) is 6.02. The summed E-state index contributed by atoms with van der Waals surface area (Å²) < 4.78 is 30.0. The van der Waals surface area contributed by atoms with Crippen LogP contribution in [0.2, 0.25) is 0 Å². The third-order valence-electron chi connectivity index (χ3n) is 4.64. The normalized spacial score (nSPS) is 31.8. The molecule has 0 amide bonds. The Morgan fingerprint density at radius 1 is 0.667 bits per heavy atom. The molecule has 5 rings (SSSR count). The van der Waals surface area contributed by atoms with Crippen LogP contribution in [0.5, 0.6) is 0 Å². The maximum atomic E-state index is 6.14. The Kier molecular flexibility index (Phi) is 3.69. The Bertz CT molecular complexity index is 639. The van der Waals surface area contributed by atoms with E-state index in [0.717, 1.165) is 10.9 Å². The number of hydrogen-bond acceptors (Lipinski definition) is 5. The fraction of sp³-hybridized carbons (Fsp3) is 0.294. The molecule has 5 nitrogen and oxygen atoms in total. The van der Waals surface area contributed by atoms with Gasteiger partial charge in [0.25, 0.3) is 0 Å². The van der Waals surface area contributed by atoms with Gasteiger partial charge in [0.05, 0.1) is 18.8 Å². The van der Waals surface area contributed by atoms with E-state index in [0.29, 0.717) is 6.61 Å². The highest BCUT2D eigenvalue weighted by molar-refractivity contribution is 6.62. The maximum Gasteiger partial charge on any atom is 0.496 e. The average Bonchev–Trinajstić information content (AvgIpc) is 3.27. The van der Waals surface area contributed by atoms with Crippen molar-refractivity contribution in [3.8, 4) is 0 Å². The number of fused-ring (bicyclic) bond motifs is 3. The number of ether oxygens (including phenoxy) is 1. The van der Waals surface area contributed by atoms with Crippen LogP contribution in [0, 0.1) is 0 Å². The molecular formula is C17H16B2O5. The third-order valence-corrected chi connectivity index (χ3v) is 4.64. The summed E-state index contributed by atoms with van der Waals surface area (Å²) >= 11 is 0. The highest BCUT2D eigenvalue weighted by atomic mass is 16.8. The topological polar surface area (TPSA) is 46.2 Å². The van der Waals surface area contributed by atoms with Gasteiger partial charge in [-0.25, -0.2) is 0 Å². The second-order valence-corrected chi connectivity index (χ2v) is 6.20. The fourth-order valence-corrected chi connectivity index (χ4v) is 3.45. The molecule has 0 N–H and O–H groups in total. The Hall–Kier alpha value is -1.63. The van der Waals surface area contributed by atoms with Crippen molar-refractivity contribution in [1.82, 2.24) is 0 Å². The molecule has 0 radical (unpaired) electrons. The van der Waals surface area contributed by atoms with Gasteiger partial charge in [0.15, 0.2) is 6.29 Å². The quantitative estimate of drug-likeness (QED) is 0.746. The molecule has 0 aromatic heterocycles. The smallest absolute Gasteiger partial charge is 0.399 e. The van der Waals surface area contributed by atoms with E-state index >= 15 is 0 Å². The summed E-state index contributed by atoms with van der Waals surface area (Å²) in [6.07, 6.45) is -1.05. The first-order valence-electron chi connectivity index (χ1n) is 8.22. The van der Waals surface area contributed by atoms with Crippen molar-refractivity contribution in [1.29, 1.82) is 0 Å². The lowest BCUT2D eigenvalue weighted by Gasteiger charge is -2.32. The summed E-state index contributed by atoms with van der Waals surface area (Å²) in [5.41, 5.74) is 1.98. The SMILES string of the molecule is c1ccc(B2OC3COC4OB(c5ccccc5)OC4C3O2)cc1. The minimum Gasteiger partial charge on any atom is -0.399 e. The van der Waals surface area contributed by atoms with Gasteiger partial charge >= 0.3 is 14.2 Å². The van der Waals surface area contributed by atoms with Crippen molar-refractivity contribution >= 4 is 25.2 Å². The van der Waals surface area contributed by atoms with Crippen LogP contribution in [-0.2, 0) is 23.4 Å². The lowest BCUT2D eigenvalue weighted by Crippen LogP contribution is -2.50. The van der Waals surface area contributed by atoms with Gasteiger partial charge in [-0.2, -0.15) is 0 Å². The molecule has 3 heterocycles. The Labute approximate surface area is 141 Å². The van der Waals surface area contributed by atoms with Gasteiger partial charge in [0, 0.05) is 0 Å². The molecule has 0 aliphatic carbocycles. The molecule has 0 saturated carbocycles. The van der Waals surface area contributed by atoms with Crippen LogP contribution in [0.3, 0.4) is 0 Å². The van der Waals surface area contributed by atoms with E-state index in [1.807, 2.05) is 60.7 Å². The van der Waals surface area contributed by atoms with Crippen LogP contribution in [0.25, 0.3) is 0 Å². The van der Waals surface area contributed by atoms with Crippen molar-refractivity contribution in [2.75, 3.05) is 6.61 Å². The zero-order valence-electron chi connectivity index (χ0n) is 13.0. The summed E-state index contributed by atoms with van der Waals surface area (Å²) in [4.78, 5) is 0. The third kappa shape index (κ3) is 2.49. The second-order valence-electron chi connectivity index (χ2n) is 6.20. The summed E-state index contributed by atoms with van der Waals surface area (Å²) in [6, 6.07) is 19.8. The number of rotatable bonds is 2. The van der Waals surface area contributed by atoms with Crippen LogP contribution < -0.4 is 10.9 Å². The van der Waals surface area contributed by atoms with Crippen molar-refractivity contribution in [2.45, 2.75) is 24.6 Å². The molecule has 24 heavy (non-hydrogen) atoms. The molecule has 4 unspecified atom stereocenters. The molecule has 0 bridgehead atoms. The Morgan fingerprint density at radius 3 is 1.92 bits per heavy atom.